The first kappa shape index (κ1) is 30.9. The monoisotopic (exact) mass is 621 g/mol. The first-order valence-electron chi connectivity index (χ1n) is 17.1. The van der Waals surface area contributed by atoms with Crippen LogP contribution in [0.5, 0.6) is 5.75 Å². The van der Waals surface area contributed by atoms with E-state index in [1.807, 2.05) is 18.2 Å². The van der Waals surface area contributed by atoms with Crippen LogP contribution < -0.4 is 5.32 Å². The Morgan fingerprint density at radius 1 is 0.809 bits per heavy atom. The van der Waals surface area contributed by atoms with Crippen LogP contribution in [-0.2, 0) is 10.2 Å². The SMILES string of the molecule is CCCCC(CC)COC1N=C(c2ccccc2O)NC(c2cccc3c2C(c2ccccc2)(c2ccccc2)C2=C3CCC=C2)=N1. The van der Waals surface area contributed by atoms with Crippen LogP contribution in [-0.4, -0.2) is 29.7 Å². The van der Waals surface area contributed by atoms with Crippen LogP contribution >= 0.6 is 0 Å². The van der Waals surface area contributed by atoms with Crippen molar-refractivity contribution in [3.63, 3.8) is 0 Å². The fraction of sp³-hybridized carbons (Fsp3) is 0.286. The van der Waals surface area contributed by atoms with E-state index in [0.29, 0.717) is 29.8 Å². The van der Waals surface area contributed by atoms with Gasteiger partial charge >= 0.3 is 0 Å². The van der Waals surface area contributed by atoms with Gasteiger partial charge in [-0.15, -0.1) is 0 Å². The first-order chi connectivity index (χ1) is 23.1. The lowest BCUT2D eigenvalue weighted by Gasteiger charge is -2.37. The number of rotatable bonds is 11. The normalized spacial score (nSPS) is 18.6. The van der Waals surface area contributed by atoms with Gasteiger partial charge in [0.1, 0.15) is 17.4 Å². The molecule has 4 aromatic rings. The maximum Gasteiger partial charge on any atom is 0.249 e. The van der Waals surface area contributed by atoms with Gasteiger partial charge in [-0.1, -0.05) is 136 Å². The number of para-hydroxylation sites is 1. The minimum Gasteiger partial charge on any atom is -0.507 e. The van der Waals surface area contributed by atoms with Crippen molar-refractivity contribution in [2.24, 2.45) is 15.9 Å². The summed E-state index contributed by atoms with van der Waals surface area (Å²) in [4.78, 5) is 10.1. The summed E-state index contributed by atoms with van der Waals surface area (Å²) in [6.45, 7) is 5.04. The van der Waals surface area contributed by atoms with Crippen molar-refractivity contribution in [1.29, 1.82) is 0 Å². The number of aromatic hydroxyl groups is 1. The highest BCUT2D eigenvalue weighted by Gasteiger charge is 2.49. The predicted octanol–water partition coefficient (Wildman–Crippen LogP) is 9.16. The number of unbranched alkanes of at least 4 members (excludes halogenated alkanes) is 1. The summed E-state index contributed by atoms with van der Waals surface area (Å²) >= 11 is 0. The molecule has 5 heteroatoms. The molecule has 2 N–H and O–H groups in total. The summed E-state index contributed by atoms with van der Waals surface area (Å²) in [5.41, 5.74) is 8.71. The summed E-state index contributed by atoms with van der Waals surface area (Å²) in [5, 5.41) is 14.5. The molecule has 3 aliphatic rings. The minimum atomic E-state index is -0.737. The molecule has 0 spiro atoms. The van der Waals surface area contributed by atoms with E-state index in [1.54, 1.807) is 6.07 Å². The number of phenols is 1. The molecule has 0 radical (unpaired) electrons. The average molecular weight is 622 g/mol. The Morgan fingerprint density at radius 3 is 2.13 bits per heavy atom. The highest BCUT2D eigenvalue weighted by atomic mass is 16.5. The number of nitrogens with zero attached hydrogens (tertiary/aromatic N) is 2. The maximum atomic E-state index is 10.9. The number of amidine groups is 2. The van der Waals surface area contributed by atoms with Crippen molar-refractivity contribution in [1.82, 2.24) is 5.32 Å². The summed E-state index contributed by atoms with van der Waals surface area (Å²) in [5.74, 6) is 1.86. The van der Waals surface area contributed by atoms with E-state index < -0.39 is 11.8 Å². The van der Waals surface area contributed by atoms with E-state index >= 15 is 0 Å². The molecule has 0 bridgehead atoms. The number of phenolic OH excluding ortho intramolecular Hbond substituents is 1. The van der Waals surface area contributed by atoms with Crippen LogP contribution in [0.1, 0.15) is 85.8 Å². The molecule has 4 aromatic carbocycles. The van der Waals surface area contributed by atoms with Gasteiger partial charge < -0.3 is 15.2 Å². The smallest absolute Gasteiger partial charge is 0.249 e. The number of aliphatic imine (C=N–C) groups is 2. The predicted molar refractivity (Wildman–Crippen MR) is 192 cm³/mol. The molecule has 2 aliphatic carbocycles. The average Bonchev–Trinajstić information content (AvgIpc) is 3.44. The third-order valence-corrected chi connectivity index (χ3v) is 9.91. The molecule has 0 fully saturated rings. The molecular formula is C42H43N3O2. The Labute approximate surface area is 278 Å². The largest absolute Gasteiger partial charge is 0.507 e. The summed E-state index contributed by atoms with van der Waals surface area (Å²) < 4.78 is 6.49. The van der Waals surface area contributed by atoms with Crippen molar-refractivity contribution in [3.05, 3.63) is 154 Å². The lowest BCUT2D eigenvalue weighted by Crippen LogP contribution is -2.41. The van der Waals surface area contributed by atoms with E-state index in [9.17, 15) is 5.11 Å². The van der Waals surface area contributed by atoms with Crippen molar-refractivity contribution in [3.8, 4) is 5.75 Å². The van der Waals surface area contributed by atoms with Gasteiger partial charge in [0.05, 0.1) is 17.6 Å². The molecule has 5 nitrogen and oxygen atoms in total. The van der Waals surface area contributed by atoms with E-state index in [4.69, 9.17) is 14.7 Å². The lowest BCUT2D eigenvalue weighted by molar-refractivity contribution is 0.0354. The topological polar surface area (TPSA) is 66.2 Å². The Bertz CT molecular complexity index is 1820. The summed E-state index contributed by atoms with van der Waals surface area (Å²) in [6, 6.07) is 35.7. The molecule has 0 aromatic heterocycles. The van der Waals surface area contributed by atoms with Crippen molar-refractivity contribution in [2.45, 2.75) is 64.1 Å². The number of nitrogens with one attached hydrogen (secondary N) is 1. The zero-order valence-electron chi connectivity index (χ0n) is 27.3. The van der Waals surface area contributed by atoms with Crippen LogP contribution in [0, 0.1) is 5.92 Å². The van der Waals surface area contributed by atoms with E-state index in [2.05, 4.69) is 110 Å². The Hall–Kier alpha value is -4.74. The van der Waals surface area contributed by atoms with Gasteiger partial charge in [0.15, 0.2) is 0 Å². The zero-order chi connectivity index (χ0) is 32.2. The second-order valence-corrected chi connectivity index (χ2v) is 12.7. The third-order valence-electron chi connectivity index (χ3n) is 9.91. The van der Waals surface area contributed by atoms with Crippen molar-refractivity contribution >= 4 is 17.2 Å². The standard InChI is InChI=1S/C42H43N3O2/c1-3-5-17-29(4-2)28-47-41-44-39(34-23-13-15-27-37(34)46)43-40(45-41)35-25-16-24-33-32-22-12-14-26-36(32)42(38(33)35,30-18-8-6-9-19-30)31-20-10-7-11-21-31/h6-11,13-16,18-21,23-27,29,41,46H,3-5,12,17,22,28H2,1-2H3,(H,43,44,45). The number of ether oxygens (including phenoxy) is 1. The molecular weight excluding hydrogens is 578 g/mol. The maximum absolute atomic E-state index is 10.9. The van der Waals surface area contributed by atoms with Crippen LogP contribution in [0.15, 0.2) is 131 Å². The van der Waals surface area contributed by atoms with Gasteiger partial charge in [0.2, 0.25) is 6.35 Å². The fourth-order valence-electron chi connectivity index (χ4n) is 7.55. The van der Waals surface area contributed by atoms with Gasteiger partial charge in [-0.2, -0.15) is 0 Å². The van der Waals surface area contributed by atoms with Crippen molar-refractivity contribution in [2.75, 3.05) is 6.61 Å². The molecule has 1 aliphatic heterocycles. The molecule has 238 valence electrons. The Morgan fingerprint density at radius 2 is 1.45 bits per heavy atom. The molecule has 2 unspecified atom stereocenters. The molecule has 0 amide bonds. The molecule has 47 heavy (non-hydrogen) atoms. The molecule has 2 atom stereocenters. The highest BCUT2D eigenvalue weighted by Crippen LogP contribution is 2.58. The van der Waals surface area contributed by atoms with Gasteiger partial charge in [0.25, 0.3) is 0 Å². The van der Waals surface area contributed by atoms with E-state index in [-0.39, 0.29) is 5.75 Å². The van der Waals surface area contributed by atoms with Crippen LogP contribution in [0.3, 0.4) is 0 Å². The number of allylic oxidation sites excluding steroid dienone is 4. The van der Waals surface area contributed by atoms with Gasteiger partial charge in [0, 0.05) is 5.56 Å². The van der Waals surface area contributed by atoms with E-state index in [1.165, 1.54) is 46.2 Å². The number of hydrogen-bond acceptors (Lipinski definition) is 5. The number of hydrogen-bond donors (Lipinski definition) is 2. The van der Waals surface area contributed by atoms with E-state index in [0.717, 1.165) is 31.2 Å². The second kappa shape index (κ2) is 13.5. The van der Waals surface area contributed by atoms with Crippen LogP contribution in [0.2, 0.25) is 0 Å². The Kier molecular flexibility index (Phi) is 8.90. The van der Waals surface area contributed by atoms with Crippen molar-refractivity contribution < 1.29 is 9.84 Å². The fourth-order valence-corrected chi connectivity index (χ4v) is 7.55. The number of fused-ring (bicyclic) bond motifs is 2. The second-order valence-electron chi connectivity index (χ2n) is 12.7. The highest BCUT2D eigenvalue weighted by molar-refractivity contribution is 6.18. The number of benzene rings is 4. The lowest BCUT2D eigenvalue weighted by atomic mass is 9.65. The quantitative estimate of drug-likeness (QED) is 0.176. The third kappa shape index (κ3) is 5.63. The molecule has 0 saturated heterocycles. The Balaban J connectivity index is 1.41. The van der Waals surface area contributed by atoms with Gasteiger partial charge in [-0.25, -0.2) is 9.98 Å². The van der Waals surface area contributed by atoms with Gasteiger partial charge in [-0.3, -0.25) is 0 Å². The molecule has 7 rings (SSSR count). The molecule has 0 saturated carbocycles. The minimum absolute atomic E-state index is 0.164. The zero-order valence-corrected chi connectivity index (χ0v) is 27.3. The first-order valence-corrected chi connectivity index (χ1v) is 17.1. The van der Waals surface area contributed by atoms with Crippen LogP contribution in [0.4, 0.5) is 0 Å². The van der Waals surface area contributed by atoms with Crippen LogP contribution in [0.25, 0.3) is 5.57 Å². The van der Waals surface area contributed by atoms with Gasteiger partial charge in [-0.05, 0) is 70.7 Å². The summed E-state index contributed by atoms with van der Waals surface area (Å²) in [7, 11) is 0. The summed E-state index contributed by atoms with van der Waals surface area (Å²) in [6.07, 6.45) is 10.4. The molecule has 1 heterocycles.